The van der Waals surface area contributed by atoms with Crippen molar-refractivity contribution in [2.45, 2.75) is 24.9 Å². The predicted molar refractivity (Wildman–Crippen MR) is 69.9 cm³/mol. The number of ketones is 1. The molecule has 0 aromatic carbocycles. The molecule has 3 rings (SSSR count). The summed E-state index contributed by atoms with van der Waals surface area (Å²) in [6.45, 7) is 0. The van der Waals surface area contributed by atoms with Gasteiger partial charge >= 0.3 is 6.18 Å². The van der Waals surface area contributed by atoms with Gasteiger partial charge in [0.2, 0.25) is 0 Å². The summed E-state index contributed by atoms with van der Waals surface area (Å²) in [6, 6.07) is 1.08. The lowest BCUT2D eigenvalue weighted by Gasteiger charge is -2.21. The summed E-state index contributed by atoms with van der Waals surface area (Å²) in [7, 11) is 0. The van der Waals surface area contributed by atoms with Crippen LogP contribution in [0, 0.1) is 3.57 Å². The third-order valence-corrected chi connectivity index (χ3v) is 3.80. The Hall–Kier alpha value is -1.12. The molecule has 7 heteroatoms. The molecule has 0 amide bonds. The molecule has 1 aliphatic carbocycles. The average Bonchev–Trinajstić information content (AvgIpc) is 2.65. The van der Waals surface area contributed by atoms with Crippen LogP contribution in [0.4, 0.5) is 13.2 Å². The number of hydrogen-bond donors (Lipinski definition) is 0. The van der Waals surface area contributed by atoms with Gasteiger partial charge in [0.15, 0.2) is 0 Å². The number of halogens is 4. The Balaban J connectivity index is 2.14. The van der Waals surface area contributed by atoms with Gasteiger partial charge in [0, 0.05) is 34.7 Å². The van der Waals surface area contributed by atoms with Gasteiger partial charge in [-0.1, -0.05) is 0 Å². The van der Waals surface area contributed by atoms with E-state index < -0.39 is 11.7 Å². The number of aromatic nitrogens is 2. The molecule has 3 nitrogen and oxygen atoms in total. The van der Waals surface area contributed by atoms with Gasteiger partial charge in [0.1, 0.15) is 11.4 Å². The van der Waals surface area contributed by atoms with Gasteiger partial charge in [-0.25, -0.2) is 4.98 Å². The number of pyridine rings is 1. The van der Waals surface area contributed by atoms with E-state index in [1.165, 1.54) is 4.40 Å². The molecule has 0 saturated heterocycles. The first kappa shape index (κ1) is 12.9. The number of rotatable bonds is 1. The SMILES string of the molecule is O=C1CC(c2cn3cc(I)cc(C(F)(F)F)c3n2)C1. The van der Waals surface area contributed by atoms with Crippen molar-refractivity contribution in [2.75, 3.05) is 0 Å². The molecule has 0 N–H and O–H groups in total. The summed E-state index contributed by atoms with van der Waals surface area (Å²) in [4.78, 5) is 15.0. The second-order valence-electron chi connectivity index (χ2n) is 4.61. The summed E-state index contributed by atoms with van der Waals surface area (Å²) < 4.78 is 40.7. The highest BCUT2D eigenvalue weighted by Crippen LogP contribution is 2.36. The molecule has 2 aromatic rings. The van der Waals surface area contributed by atoms with E-state index in [0.29, 0.717) is 22.1 Å². The van der Waals surface area contributed by atoms with Crippen LogP contribution in [0.5, 0.6) is 0 Å². The lowest BCUT2D eigenvalue weighted by molar-refractivity contribution is -0.136. The van der Waals surface area contributed by atoms with Crippen molar-refractivity contribution in [1.29, 1.82) is 0 Å². The maximum absolute atomic E-state index is 13.0. The van der Waals surface area contributed by atoms with Crippen molar-refractivity contribution in [3.05, 3.63) is 33.3 Å². The lowest BCUT2D eigenvalue weighted by atomic mass is 9.82. The number of carbonyl (C=O) groups excluding carboxylic acids is 1. The molecule has 0 bridgehead atoms. The van der Waals surface area contributed by atoms with E-state index in [1.807, 2.05) is 22.6 Å². The van der Waals surface area contributed by atoms with Gasteiger partial charge in [-0.15, -0.1) is 0 Å². The van der Waals surface area contributed by atoms with Gasteiger partial charge in [0.05, 0.1) is 11.3 Å². The minimum atomic E-state index is -4.43. The monoisotopic (exact) mass is 380 g/mol. The topological polar surface area (TPSA) is 34.4 Å². The van der Waals surface area contributed by atoms with E-state index in [2.05, 4.69) is 4.98 Å². The maximum Gasteiger partial charge on any atom is 0.420 e. The van der Waals surface area contributed by atoms with Gasteiger partial charge in [0.25, 0.3) is 0 Å². The van der Waals surface area contributed by atoms with Crippen LogP contribution in [0.3, 0.4) is 0 Å². The molecule has 1 fully saturated rings. The van der Waals surface area contributed by atoms with Crippen molar-refractivity contribution in [2.24, 2.45) is 0 Å². The molecule has 1 saturated carbocycles. The standard InChI is InChI=1S/C12H8F3IN2O/c13-12(14,15)9-3-7(16)4-18-5-10(17-11(9)18)6-1-8(19)2-6/h3-6H,1-2H2. The average molecular weight is 380 g/mol. The van der Waals surface area contributed by atoms with Crippen LogP contribution >= 0.6 is 22.6 Å². The van der Waals surface area contributed by atoms with Crippen LogP contribution in [-0.2, 0) is 11.0 Å². The lowest BCUT2D eigenvalue weighted by Crippen LogP contribution is -2.21. The van der Waals surface area contributed by atoms with Gasteiger partial charge in [-0.3, -0.25) is 4.79 Å². The molecule has 0 unspecified atom stereocenters. The van der Waals surface area contributed by atoms with E-state index in [4.69, 9.17) is 0 Å². The van der Waals surface area contributed by atoms with Crippen LogP contribution < -0.4 is 0 Å². The Morgan fingerprint density at radius 1 is 1.32 bits per heavy atom. The summed E-state index contributed by atoms with van der Waals surface area (Å²) in [5.41, 5.74) is -0.273. The highest BCUT2D eigenvalue weighted by atomic mass is 127. The van der Waals surface area contributed by atoms with Crippen molar-refractivity contribution in [1.82, 2.24) is 9.38 Å². The summed E-state index contributed by atoms with van der Waals surface area (Å²) >= 11 is 1.84. The van der Waals surface area contributed by atoms with E-state index in [-0.39, 0.29) is 17.3 Å². The molecule has 19 heavy (non-hydrogen) atoms. The minimum Gasteiger partial charge on any atom is -0.305 e. The first-order valence-electron chi connectivity index (χ1n) is 5.61. The highest BCUT2D eigenvalue weighted by molar-refractivity contribution is 14.1. The molecular formula is C12H8F3IN2O. The fraction of sp³-hybridized carbons (Fsp3) is 0.333. The van der Waals surface area contributed by atoms with Gasteiger partial charge in [-0.05, 0) is 28.7 Å². The summed E-state index contributed by atoms with van der Waals surface area (Å²) in [5, 5.41) is 0. The molecule has 0 atom stereocenters. The van der Waals surface area contributed by atoms with Crippen molar-refractivity contribution in [3.8, 4) is 0 Å². The quantitative estimate of drug-likeness (QED) is 0.711. The predicted octanol–water partition coefficient (Wildman–Crippen LogP) is 3.40. The van der Waals surface area contributed by atoms with Crippen LogP contribution in [0.1, 0.15) is 30.0 Å². The highest BCUT2D eigenvalue weighted by Gasteiger charge is 2.36. The fourth-order valence-corrected chi connectivity index (χ4v) is 2.80. The third-order valence-electron chi connectivity index (χ3n) is 3.21. The Labute approximate surface area is 120 Å². The molecule has 0 aliphatic heterocycles. The molecule has 0 radical (unpaired) electrons. The normalized spacial score (nSPS) is 16.9. The van der Waals surface area contributed by atoms with Crippen LogP contribution in [0.25, 0.3) is 5.65 Å². The Morgan fingerprint density at radius 3 is 2.58 bits per heavy atom. The number of carbonyl (C=O) groups is 1. The van der Waals surface area contributed by atoms with E-state index >= 15 is 0 Å². The number of nitrogens with zero attached hydrogens (tertiary/aromatic N) is 2. The summed E-state index contributed by atoms with van der Waals surface area (Å²) in [6.07, 6.45) is -0.489. The minimum absolute atomic E-state index is 0.0360. The van der Waals surface area contributed by atoms with Crippen LogP contribution in [0.2, 0.25) is 0 Å². The second-order valence-corrected chi connectivity index (χ2v) is 5.86. The van der Waals surface area contributed by atoms with E-state index in [1.54, 1.807) is 12.4 Å². The van der Waals surface area contributed by atoms with Crippen molar-refractivity contribution < 1.29 is 18.0 Å². The molecule has 100 valence electrons. The van der Waals surface area contributed by atoms with E-state index in [9.17, 15) is 18.0 Å². The second kappa shape index (κ2) is 4.19. The number of hydrogen-bond acceptors (Lipinski definition) is 2. The Kier molecular flexibility index (Phi) is 2.84. The van der Waals surface area contributed by atoms with Gasteiger partial charge < -0.3 is 4.40 Å². The first-order valence-corrected chi connectivity index (χ1v) is 6.69. The molecule has 2 aromatic heterocycles. The maximum atomic E-state index is 13.0. The fourth-order valence-electron chi connectivity index (χ4n) is 2.19. The third kappa shape index (κ3) is 2.24. The zero-order chi connectivity index (χ0) is 13.8. The zero-order valence-corrected chi connectivity index (χ0v) is 11.7. The number of fused-ring (bicyclic) bond motifs is 1. The van der Waals surface area contributed by atoms with Crippen molar-refractivity contribution >= 4 is 34.0 Å². The number of imidazole rings is 1. The Bertz CT molecular complexity index is 669. The molecular weight excluding hydrogens is 372 g/mol. The largest absolute Gasteiger partial charge is 0.420 e. The smallest absolute Gasteiger partial charge is 0.305 e. The van der Waals surface area contributed by atoms with Crippen LogP contribution in [0.15, 0.2) is 18.5 Å². The zero-order valence-electron chi connectivity index (χ0n) is 9.54. The summed E-state index contributed by atoms with van der Waals surface area (Å²) in [5.74, 6) is 0.0961. The first-order chi connectivity index (χ1) is 8.84. The molecule has 2 heterocycles. The number of Topliss-reactive ketones (excluding diaryl/α,β-unsaturated/α-hetero) is 1. The Morgan fingerprint density at radius 2 is 2.00 bits per heavy atom. The van der Waals surface area contributed by atoms with Gasteiger partial charge in [-0.2, -0.15) is 13.2 Å². The molecule has 1 aliphatic rings. The molecule has 0 spiro atoms. The number of alkyl halides is 3. The van der Waals surface area contributed by atoms with E-state index in [0.717, 1.165) is 6.07 Å². The van der Waals surface area contributed by atoms with Crippen LogP contribution in [-0.4, -0.2) is 15.2 Å². The van der Waals surface area contributed by atoms with Crippen molar-refractivity contribution in [3.63, 3.8) is 0 Å².